The standard InChI is InChI=1S/C16H20N4O2/c21-15(9-11-1-2-11)19-7-4-12(5-8-19)13-10-16(22)20-14(18-13)3-6-17-20/h3,6,10-12,17H,1-2,4-5,7-9H2. The van der Waals surface area contributed by atoms with Crippen molar-refractivity contribution in [2.75, 3.05) is 13.1 Å². The Bertz CT molecular complexity index is 751. The number of amides is 1. The Hall–Kier alpha value is -2.11. The van der Waals surface area contributed by atoms with Crippen LogP contribution in [0.5, 0.6) is 0 Å². The second-order valence-corrected chi connectivity index (χ2v) is 6.48. The van der Waals surface area contributed by atoms with E-state index in [0.29, 0.717) is 17.5 Å². The second-order valence-electron chi connectivity index (χ2n) is 6.48. The largest absolute Gasteiger partial charge is 0.343 e. The molecule has 0 bridgehead atoms. The van der Waals surface area contributed by atoms with Gasteiger partial charge in [-0.1, -0.05) is 0 Å². The first-order valence-electron chi connectivity index (χ1n) is 8.05. The topological polar surface area (TPSA) is 70.5 Å². The molecule has 1 amide bonds. The van der Waals surface area contributed by atoms with Gasteiger partial charge in [-0.2, -0.15) is 0 Å². The molecule has 0 unspecified atom stereocenters. The van der Waals surface area contributed by atoms with Gasteiger partial charge in [0, 0.05) is 43.8 Å². The molecule has 2 aliphatic rings. The zero-order valence-corrected chi connectivity index (χ0v) is 12.5. The van der Waals surface area contributed by atoms with Crippen LogP contribution in [0.3, 0.4) is 0 Å². The number of H-pyrrole nitrogens is 1. The fraction of sp³-hybridized carbons (Fsp3) is 0.562. The molecule has 0 aromatic carbocycles. The number of carbonyl (C=O) groups excluding carboxylic acids is 1. The minimum absolute atomic E-state index is 0.0720. The molecule has 116 valence electrons. The molecule has 0 radical (unpaired) electrons. The second kappa shape index (κ2) is 5.26. The molecule has 6 nitrogen and oxygen atoms in total. The van der Waals surface area contributed by atoms with Crippen molar-refractivity contribution < 1.29 is 4.79 Å². The number of piperidine rings is 1. The molecule has 2 aromatic heterocycles. The molecule has 4 rings (SSSR count). The summed E-state index contributed by atoms with van der Waals surface area (Å²) >= 11 is 0. The van der Waals surface area contributed by atoms with Crippen LogP contribution >= 0.6 is 0 Å². The molecular formula is C16H20N4O2. The van der Waals surface area contributed by atoms with Crippen molar-refractivity contribution >= 4 is 11.6 Å². The molecule has 0 atom stereocenters. The average Bonchev–Trinajstić information content (AvgIpc) is 3.21. The monoisotopic (exact) mass is 300 g/mol. The van der Waals surface area contributed by atoms with Gasteiger partial charge >= 0.3 is 0 Å². The normalized spacial score (nSPS) is 19.7. The Balaban J connectivity index is 1.45. The minimum atomic E-state index is -0.0720. The van der Waals surface area contributed by atoms with E-state index in [-0.39, 0.29) is 11.5 Å². The number of aromatic nitrogens is 3. The fourth-order valence-electron chi connectivity index (χ4n) is 3.28. The number of hydrogen-bond acceptors (Lipinski definition) is 3. The molecule has 6 heteroatoms. The van der Waals surface area contributed by atoms with Gasteiger partial charge in [-0.25, -0.2) is 9.50 Å². The maximum atomic E-state index is 12.1. The van der Waals surface area contributed by atoms with Crippen molar-refractivity contribution in [3.05, 3.63) is 34.4 Å². The Kier molecular flexibility index (Phi) is 3.24. The summed E-state index contributed by atoms with van der Waals surface area (Å²) in [7, 11) is 0. The molecule has 22 heavy (non-hydrogen) atoms. The molecule has 1 aliphatic heterocycles. The number of nitrogens with one attached hydrogen (secondary N) is 1. The molecular weight excluding hydrogens is 280 g/mol. The maximum Gasteiger partial charge on any atom is 0.272 e. The number of likely N-dealkylation sites (tertiary alicyclic amines) is 1. The van der Waals surface area contributed by atoms with E-state index in [0.717, 1.165) is 38.0 Å². The van der Waals surface area contributed by atoms with Crippen LogP contribution in [0.15, 0.2) is 23.1 Å². The highest BCUT2D eigenvalue weighted by molar-refractivity contribution is 5.76. The Morgan fingerprint density at radius 2 is 2.05 bits per heavy atom. The summed E-state index contributed by atoms with van der Waals surface area (Å²) in [5.41, 5.74) is 1.45. The van der Waals surface area contributed by atoms with Crippen LogP contribution in [0.1, 0.15) is 43.7 Å². The van der Waals surface area contributed by atoms with E-state index in [1.165, 1.54) is 17.4 Å². The number of nitrogens with zero attached hydrogens (tertiary/aromatic N) is 3. The summed E-state index contributed by atoms with van der Waals surface area (Å²) < 4.78 is 1.44. The van der Waals surface area contributed by atoms with Gasteiger partial charge < -0.3 is 4.90 Å². The Labute approximate surface area is 128 Å². The van der Waals surface area contributed by atoms with Gasteiger partial charge in [-0.05, 0) is 31.6 Å². The summed E-state index contributed by atoms with van der Waals surface area (Å²) in [5.74, 6) is 1.22. The summed E-state index contributed by atoms with van der Waals surface area (Å²) in [6.07, 6.45) is 6.65. The summed E-state index contributed by atoms with van der Waals surface area (Å²) in [5, 5.41) is 2.85. The molecule has 1 N–H and O–H groups in total. The first-order valence-corrected chi connectivity index (χ1v) is 8.05. The number of rotatable bonds is 3. The molecule has 1 saturated heterocycles. The van der Waals surface area contributed by atoms with Gasteiger partial charge in [0.2, 0.25) is 5.91 Å². The van der Waals surface area contributed by atoms with Crippen molar-refractivity contribution in [1.29, 1.82) is 0 Å². The van der Waals surface area contributed by atoms with Crippen molar-refractivity contribution in [3.63, 3.8) is 0 Å². The van der Waals surface area contributed by atoms with Gasteiger partial charge in [-0.3, -0.25) is 14.7 Å². The highest BCUT2D eigenvalue weighted by Gasteiger charge is 2.30. The molecule has 3 heterocycles. The van der Waals surface area contributed by atoms with Crippen molar-refractivity contribution in [1.82, 2.24) is 19.5 Å². The van der Waals surface area contributed by atoms with E-state index in [1.807, 2.05) is 4.90 Å². The fourth-order valence-corrected chi connectivity index (χ4v) is 3.28. The highest BCUT2D eigenvalue weighted by Crippen LogP contribution is 2.34. The van der Waals surface area contributed by atoms with Crippen molar-refractivity contribution in [2.45, 2.75) is 38.0 Å². The smallest absolute Gasteiger partial charge is 0.272 e. The van der Waals surface area contributed by atoms with E-state index < -0.39 is 0 Å². The van der Waals surface area contributed by atoms with Gasteiger partial charge in [0.1, 0.15) is 0 Å². The minimum Gasteiger partial charge on any atom is -0.343 e. The van der Waals surface area contributed by atoms with Crippen LogP contribution in [0, 0.1) is 5.92 Å². The average molecular weight is 300 g/mol. The van der Waals surface area contributed by atoms with Gasteiger partial charge in [-0.15, -0.1) is 0 Å². The molecule has 0 spiro atoms. The lowest BCUT2D eigenvalue weighted by molar-refractivity contribution is -0.132. The van der Waals surface area contributed by atoms with Gasteiger partial charge in [0.25, 0.3) is 5.56 Å². The SMILES string of the molecule is O=C(CC1CC1)N1CCC(c2cc(=O)n3[nH]ccc3n2)CC1. The molecule has 1 saturated carbocycles. The lowest BCUT2D eigenvalue weighted by Gasteiger charge is -2.31. The third-order valence-electron chi connectivity index (χ3n) is 4.83. The maximum absolute atomic E-state index is 12.1. The van der Waals surface area contributed by atoms with Crippen LogP contribution in [0.2, 0.25) is 0 Å². The first kappa shape index (κ1) is 13.5. The summed E-state index contributed by atoms with van der Waals surface area (Å²) in [6, 6.07) is 3.43. The van der Waals surface area contributed by atoms with Gasteiger partial charge in [0.15, 0.2) is 5.65 Å². The lowest BCUT2D eigenvalue weighted by atomic mass is 9.93. The van der Waals surface area contributed by atoms with E-state index in [4.69, 9.17) is 0 Å². The number of fused-ring (bicyclic) bond motifs is 1. The zero-order valence-electron chi connectivity index (χ0n) is 12.5. The lowest BCUT2D eigenvalue weighted by Crippen LogP contribution is -2.38. The quantitative estimate of drug-likeness (QED) is 0.934. The van der Waals surface area contributed by atoms with Crippen LogP contribution in [0.25, 0.3) is 5.65 Å². The Morgan fingerprint density at radius 1 is 1.27 bits per heavy atom. The number of hydrogen-bond donors (Lipinski definition) is 1. The van der Waals surface area contributed by atoms with Crippen molar-refractivity contribution in [3.8, 4) is 0 Å². The Morgan fingerprint density at radius 3 is 2.77 bits per heavy atom. The number of carbonyl (C=O) groups is 1. The van der Waals surface area contributed by atoms with Gasteiger partial charge in [0.05, 0.1) is 5.69 Å². The third kappa shape index (κ3) is 2.53. The predicted molar refractivity (Wildman–Crippen MR) is 81.7 cm³/mol. The van der Waals surface area contributed by atoms with E-state index in [9.17, 15) is 9.59 Å². The van der Waals surface area contributed by atoms with E-state index in [1.54, 1.807) is 18.3 Å². The van der Waals surface area contributed by atoms with E-state index in [2.05, 4.69) is 10.1 Å². The molecule has 2 aromatic rings. The summed E-state index contributed by atoms with van der Waals surface area (Å²) in [4.78, 5) is 30.7. The predicted octanol–water partition coefficient (Wildman–Crippen LogP) is 1.53. The molecule has 1 aliphatic carbocycles. The highest BCUT2D eigenvalue weighted by atomic mass is 16.2. The van der Waals surface area contributed by atoms with Crippen LogP contribution < -0.4 is 5.56 Å². The van der Waals surface area contributed by atoms with Crippen LogP contribution in [0.4, 0.5) is 0 Å². The number of aromatic amines is 1. The molecule has 2 fully saturated rings. The zero-order chi connectivity index (χ0) is 15.1. The first-order chi connectivity index (χ1) is 10.7. The van der Waals surface area contributed by atoms with Crippen molar-refractivity contribution in [2.24, 2.45) is 5.92 Å². The van der Waals surface area contributed by atoms with Crippen LogP contribution in [-0.4, -0.2) is 38.5 Å². The van der Waals surface area contributed by atoms with E-state index >= 15 is 0 Å². The summed E-state index contributed by atoms with van der Waals surface area (Å²) in [6.45, 7) is 1.56. The third-order valence-corrected chi connectivity index (χ3v) is 4.83. The van der Waals surface area contributed by atoms with Crippen LogP contribution in [-0.2, 0) is 4.79 Å².